The maximum atomic E-state index is 11.9. The quantitative estimate of drug-likeness (QED) is 0.718. The summed E-state index contributed by atoms with van der Waals surface area (Å²) < 4.78 is 25.4. The average molecular weight is 249 g/mol. The molecule has 1 heterocycles. The van der Waals surface area contributed by atoms with Crippen molar-refractivity contribution in [2.24, 2.45) is 0 Å². The molecule has 1 rings (SSSR count). The van der Waals surface area contributed by atoms with Gasteiger partial charge in [0.1, 0.15) is 0 Å². The third-order valence-corrected chi connectivity index (χ3v) is 4.88. The van der Waals surface area contributed by atoms with Crippen molar-refractivity contribution in [3.05, 3.63) is 0 Å². The number of sulfonamides is 1. The molecule has 16 heavy (non-hydrogen) atoms. The summed E-state index contributed by atoms with van der Waals surface area (Å²) in [6, 6.07) is 0.502. The highest BCUT2D eigenvalue weighted by Crippen LogP contribution is 2.09. The lowest BCUT2D eigenvalue weighted by atomic mass is 10.3. The first-order valence-electron chi connectivity index (χ1n) is 5.84. The van der Waals surface area contributed by atoms with Crippen LogP contribution in [0.3, 0.4) is 0 Å². The topological polar surface area (TPSA) is 52.7 Å². The van der Waals surface area contributed by atoms with Gasteiger partial charge in [-0.15, -0.1) is 0 Å². The summed E-state index contributed by atoms with van der Waals surface area (Å²) >= 11 is 0. The third kappa shape index (κ3) is 3.69. The molecule has 1 N–H and O–H groups in total. The summed E-state index contributed by atoms with van der Waals surface area (Å²) in [7, 11) is -1.28. The van der Waals surface area contributed by atoms with E-state index in [0.29, 0.717) is 25.7 Å². The first-order chi connectivity index (χ1) is 7.47. The van der Waals surface area contributed by atoms with E-state index in [9.17, 15) is 8.42 Å². The number of rotatable bonds is 5. The molecule has 1 aliphatic heterocycles. The lowest BCUT2D eigenvalue weighted by Gasteiger charge is -2.36. The molecule has 0 spiro atoms. The van der Waals surface area contributed by atoms with Gasteiger partial charge in [0.05, 0.1) is 5.75 Å². The maximum absolute atomic E-state index is 11.9. The lowest BCUT2D eigenvalue weighted by molar-refractivity contribution is 0.154. The van der Waals surface area contributed by atoms with Crippen LogP contribution < -0.4 is 5.32 Å². The minimum absolute atomic E-state index is 0.200. The molecule has 1 fully saturated rings. The van der Waals surface area contributed by atoms with Gasteiger partial charge in [-0.25, -0.2) is 8.42 Å². The Kier molecular flexibility index (Phi) is 5.17. The van der Waals surface area contributed by atoms with E-state index in [4.69, 9.17) is 0 Å². The molecule has 1 aliphatic rings. The molecule has 0 radical (unpaired) electrons. The Balaban J connectivity index is 2.47. The van der Waals surface area contributed by atoms with Crippen LogP contribution in [0.15, 0.2) is 0 Å². The van der Waals surface area contributed by atoms with Crippen molar-refractivity contribution in [3.63, 3.8) is 0 Å². The van der Waals surface area contributed by atoms with Gasteiger partial charge in [0.25, 0.3) is 0 Å². The Hall–Kier alpha value is -0.170. The monoisotopic (exact) mass is 249 g/mol. The van der Waals surface area contributed by atoms with Crippen LogP contribution in [-0.2, 0) is 10.0 Å². The normalized spacial score (nSPS) is 20.5. The fourth-order valence-corrected chi connectivity index (χ4v) is 3.30. The van der Waals surface area contributed by atoms with Crippen LogP contribution in [0.25, 0.3) is 0 Å². The predicted molar refractivity (Wildman–Crippen MR) is 66.0 cm³/mol. The van der Waals surface area contributed by atoms with Crippen LogP contribution >= 0.6 is 0 Å². The molecule has 0 saturated carbocycles. The summed E-state index contributed by atoms with van der Waals surface area (Å²) in [5.74, 6) is 0.200. The molecule has 5 nitrogen and oxygen atoms in total. The molecule has 0 aliphatic carbocycles. The zero-order valence-electron chi connectivity index (χ0n) is 10.4. The van der Waals surface area contributed by atoms with Crippen LogP contribution in [0.1, 0.15) is 13.8 Å². The Morgan fingerprint density at radius 1 is 1.19 bits per heavy atom. The zero-order valence-corrected chi connectivity index (χ0v) is 11.3. The van der Waals surface area contributed by atoms with Crippen molar-refractivity contribution in [3.8, 4) is 0 Å². The van der Waals surface area contributed by atoms with Crippen molar-refractivity contribution < 1.29 is 8.42 Å². The molecule has 0 aromatic rings. The first-order valence-corrected chi connectivity index (χ1v) is 7.45. The van der Waals surface area contributed by atoms with Crippen LogP contribution in [0.5, 0.6) is 0 Å². The molecule has 0 unspecified atom stereocenters. The number of hydrogen-bond acceptors (Lipinski definition) is 4. The number of piperazine rings is 1. The molecular formula is C10H23N3O2S. The predicted octanol–water partition coefficient (Wildman–Crippen LogP) is -0.438. The van der Waals surface area contributed by atoms with Crippen LogP contribution in [0.2, 0.25) is 0 Å². The highest BCUT2D eigenvalue weighted by Gasteiger charge is 2.26. The minimum Gasteiger partial charge on any atom is -0.319 e. The van der Waals surface area contributed by atoms with Gasteiger partial charge in [0, 0.05) is 38.8 Å². The standard InChI is InChI=1S/C10H23N3O2S/c1-10(2)12-5-7-13(8-6-12)16(14,15)9-4-11-3/h10-11H,4-9H2,1-3H3. The summed E-state index contributed by atoms with van der Waals surface area (Å²) in [6.45, 7) is 7.75. The van der Waals surface area contributed by atoms with Crippen molar-refractivity contribution in [2.75, 3.05) is 45.5 Å². The Labute approximate surface area is 98.8 Å². The minimum atomic E-state index is -3.05. The second-order valence-corrected chi connectivity index (χ2v) is 6.54. The van der Waals surface area contributed by atoms with E-state index < -0.39 is 10.0 Å². The van der Waals surface area contributed by atoms with E-state index in [1.807, 2.05) is 0 Å². The fraction of sp³-hybridized carbons (Fsp3) is 1.00. The molecule has 0 aromatic carbocycles. The van der Waals surface area contributed by atoms with Gasteiger partial charge in [0.2, 0.25) is 10.0 Å². The number of hydrogen-bond donors (Lipinski definition) is 1. The Morgan fingerprint density at radius 2 is 1.75 bits per heavy atom. The largest absolute Gasteiger partial charge is 0.319 e. The molecule has 0 atom stereocenters. The summed E-state index contributed by atoms with van der Waals surface area (Å²) in [4.78, 5) is 2.31. The van der Waals surface area contributed by atoms with Crippen LogP contribution in [-0.4, -0.2) is 69.2 Å². The van der Waals surface area contributed by atoms with Gasteiger partial charge in [0.15, 0.2) is 0 Å². The summed E-state index contributed by atoms with van der Waals surface area (Å²) in [6.07, 6.45) is 0. The molecule has 6 heteroatoms. The van der Waals surface area contributed by atoms with Gasteiger partial charge in [-0.05, 0) is 20.9 Å². The van der Waals surface area contributed by atoms with Crippen molar-refractivity contribution in [1.29, 1.82) is 0 Å². The highest BCUT2D eigenvalue weighted by molar-refractivity contribution is 7.89. The van der Waals surface area contributed by atoms with E-state index >= 15 is 0 Å². The summed E-state index contributed by atoms with van der Waals surface area (Å²) in [5.41, 5.74) is 0. The van der Waals surface area contributed by atoms with E-state index in [1.54, 1.807) is 11.4 Å². The van der Waals surface area contributed by atoms with E-state index in [0.717, 1.165) is 13.1 Å². The Bertz CT molecular complexity index is 295. The molecule has 0 aromatic heterocycles. The van der Waals surface area contributed by atoms with E-state index in [-0.39, 0.29) is 5.75 Å². The summed E-state index contributed by atoms with van der Waals surface area (Å²) in [5, 5.41) is 2.87. The lowest BCUT2D eigenvalue weighted by Crippen LogP contribution is -2.51. The van der Waals surface area contributed by atoms with E-state index in [1.165, 1.54) is 0 Å². The molecule has 1 saturated heterocycles. The maximum Gasteiger partial charge on any atom is 0.215 e. The van der Waals surface area contributed by atoms with Gasteiger partial charge in [-0.1, -0.05) is 0 Å². The zero-order chi connectivity index (χ0) is 12.2. The number of nitrogens with one attached hydrogen (secondary N) is 1. The van der Waals surface area contributed by atoms with E-state index in [2.05, 4.69) is 24.1 Å². The number of nitrogens with zero attached hydrogens (tertiary/aromatic N) is 2. The van der Waals surface area contributed by atoms with Crippen molar-refractivity contribution in [2.45, 2.75) is 19.9 Å². The molecule has 0 bridgehead atoms. The van der Waals surface area contributed by atoms with Gasteiger partial charge < -0.3 is 5.32 Å². The van der Waals surface area contributed by atoms with Crippen molar-refractivity contribution in [1.82, 2.24) is 14.5 Å². The second kappa shape index (κ2) is 5.95. The average Bonchev–Trinajstić information content (AvgIpc) is 2.26. The SMILES string of the molecule is CNCCS(=O)(=O)N1CCN(C(C)C)CC1. The fourth-order valence-electron chi connectivity index (χ4n) is 1.86. The van der Waals surface area contributed by atoms with Gasteiger partial charge in [-0.2, -0.15) is 4.31 Å². The van der Waals surface area contributed by atoms with Crippen molar-refractivity contribution >= 4 is 10.0 Å². The molecular weight excluding hydrogens is 226 g/mol. The third-order valence-electron chi connectivity index (χ3n) is 3.01. The van der Waals surface area contributed by atoms with Crippen LogP contribution in [0, 0.1) is 0 Å². The second-order valence-electron chi connectivity index (χ2n) is 4.45. The highest BCUT2D eigenvalue weighted by atomic mass is 32.2. The van der Waals surface area contributed by atoms with Crippen LogP contribution in [0.4, 0.5) is 0 Å². The first kappa shape index (κ1) is 13.9. The molecule has 0 amide bonds. The van der Waals surface area contributed by atoms with Gasteiger partial charge in [-0.3, -0.25) is 4.90 Å². The van der Waals surface area contributed by atoms with Gasteiger partial charge >= 0.3 is 0 Å². The Morgan fingerprint density at radius 3 is 2.19 bits per heavy atom. The smallest absolute Gasteiger partial charge is 0.215 e. The molecule has 96 valence electrons.